The highest BCUT2D eigenvalue weighted by Crippen LogP contribution is 2.32. The number of benzene rings is 1. The quantitative estimate of drug-likeness (QED) is 0.558. The van der Waals surface area contributed by atoms with Gasteiger partial charge in [0.05, 0.1) is 24.6 Å². The van der Waals surface area contributed by atoms with Crippen LogP contribution in [0, 0.1) is 0 Å². The number of anilines is 1. The number of likely N-dealkylation sites (tertiary alicyclic amines) is 1. The lowest BCUT2D eigenvalue weighted by atomic mass is 9.90. The van der Waals surface area contributed by atoms with Crippen molar-refractivity contribution in [3.05, 3.63) is 47.9 Å². The summed E-state index contributed by atoms with van der Waals surface area (Å²) in [5.74, 6) is 0.684. The molecule has 1 aliphatic heterocycles. The van der Waals surface area contributed by atoms with E-state index in [4.69, 9.17) is 4.74 Å². The minimum Gasteiger partial charge on any atom is -0.434 e. The van der Waals surface area contributed by atoms with Crippen LogP contribution in [0.1, 0.15) is 17.0 Å². The van der Waals surface area contributed by atoms with Crippen molar-refractivity contribution < 1.29 is 22.3 Å². The summed E-state index contributed by atoms with van der Waals surface area (Å²) in [6, 6.07) is 6.96. The summed E-state index contributed by atoms with van der Waals surface area (Å²) < 4.78 is 57.3. The predicted octanol–water partition coefficient (Wildman–Crippen LogP) is 3.85. The van der Waals surface area contributed by atoms with Crippen LogP contribution < -0.4 is 10.1 Å². The highest BCUT2D eigenvalue weighted by Gasteiger charge is 2.30. The minimum atomic E-state index is -2.96. The van der Waals surface area contributed by atoms with E-state index in [0.717, 1.165) is 16.6 Å². The van der Waals surface area contributed by atoms with Crippen molar-refractivity contribution in [1.29, 1.82) is 0 Å². The number of nitrogens with one attached hydrogen (secondary N) is 1. The summed E-state index contributed by atoms with van der Waals surface area (Å²) in [5, 5.41) is 3.12. The second-order valence-corrected chi connectivity index (χ2v) is 7.32. The van der Waals surface area contributed by atoms with Crippen molar-refractivity contribution >= 4 is 16.9 Å². The molecule has 0 unspecified atom stereocenters. The van der Waals surface area contributed by atoms with E-state index in [-0.39, 0.29) is 24.8 Å². The Morgan fingerprint density at radius 3 is 2.70 bits per heavy atom. The number of fused-ring (bicyclic) bond motifs is 1. The van der Waals surface area contributed by atoms with E-state index >= 15 is 0 Å². The van der Waals surface area contributed by atoms with Crippen LogP contribution >= 0.6 is 0 Å². The largest absolute Gasteiger partial charge is 0.434 e. The standard InChI is InChI=1S/C20H21F4N5O/c1-28-11-27-15-7-26-19(5-16(15)28)25-6-13-3-2-12(4-17(13)30-20(23)24)14-8-29(9-14)10-18(21)22/h2-5,7,11,14,18,20H,6,8-10H2,1H3,(H,25,26). The summed E-state index contributed by atoms with van der Waals surface area (Å²) in [5.41, 5.74) is 3.00. The molecule has 0 amide bonds. The average molecular weight is 423 g/mol. The van der Waals surface area contributed by atoms with Crippen LogP contribution in [0.3, 0.4) is 0 Å². The van der Waals surface area contributed by atoms with E-state index in [1.165, 1.54) is 0 Å². The van der Waals surface area contributed by atoms with Gasteiger partial charge in [-0.2, -0.15) is 8.78 Å². The molecule has 4 rings (SSSR count). The van der Waals surface area contributed by atoms with Gasteiger partial charge < -0.3 is 14.6 Å². The van der Waals surface area contributed by atoms with Crippen molar-refractivity contribution in [2.24, 2.45) is 7.05 Å². The molecule has 0 bridgehead atoms. The number of imidazole rings is 1. The molecule has 160 valence electrons. The van der Waals surface area contributed by atoms with Crippen LogP contribution in [-0.4, -0.2) is 52.1 Å². The van der Waals surface area contributed by atoms with Crippen LogP contribution in [0.15, 0.2) is 36.8 Å². The van der Waals surface area contributed by atoms with Crippen molar-refractivity contribution in [2.75, 3.05) is 25.0 Å². The molecule has 3 heterocycles. The number of nitrogens with zero attached hydrogens (tertiary/aromatic N) is 4. The maximum absolute atomic E-state index is 12.9. The van der Waals surface area contributed by atoms with Gasteiger partial charge in [-0.3, -0.25) is 4.90 Å². The third kappa shape index (κ3) is 4.48. The number of halogens is 4. The summed E-state index contributed by atoms with van der Waals surface area (Å²) in [6.45, 7) is -2.04. The lowest BCUT2D eigenvalue weighted by Gasteiger charge is -2.39. The fraction of sp³-hybridized carbons (Fsp3) is 0.400. The maximum atomic E-state index is 12.9. The minimum absolute atomic E-state index is 0.0275. The number of aromatic nitrogens is 3. The SMILES string of the molecule is Cn1cnc2cnc(NCc3ccc(C4CN(CC(F)F)C4)cc3OC(F)F)cc21. The van der Waals surface area contributed by atoms with Crippen molar-refractivity contribution in [2.45, 2.75) is 25.5 Å². The highest BCUT2D eigenvalue weighted by molar-refractivity contribution is 5.77. The van der Waals surface area contributed by atoms with Gasteiger partial charge in [0.25, 0.3) is 6.43 Å². The molecule has 1 fully saturated rings. The Kier molecular flexibility index (Phi) is 5.76. The molecule has 3 aromatic rings. The normalized spacial score (nSPS) is 15.2. The van der Waals surface area contributed by atoms with Gasteiger partial charge in [0.2, 0.25) is 0 Å². The molecule has 6 nitrogen and oxygen atoms in total. The molecule has 1 saturated heterocycles. The molecule has 30 heavy (non-hydrogen) atoms. The Hall–Kier alpha value is -2.88. The third-order valence-electron chi connectivity index (χ3n) is 5.20. The molecule has 0 spiro atoms. The van der Waals surface area contributed by atoms with E-state index < -0.39 is 13.0 Å². The number of ether oxygens (including phenoxy) is 1. The van der Waals surface area contributed by atoms with E-state index in [1.807, 2.05) is 23.7 Å². The van der Waals surface area contributed by atoms with Crippen LogP contribution in [0.4, 0.5) is 23.4 Å². The Morgan fingerprint density at radius 2 is 1.97 bits per heavy atom. The zero-order valence-corrected chi connectivity index (χ0v) is 16.2. The molecule has 0 atom stereocenters. The first kappa shape index (κ1) is 20.4. The fourth-order valence-electron chi connectivity index (χ4n) is 3.61. The second kappa shape index (κ2) is 8.47. The maximum Gasteiger partial charge on any atom is 0.387 e. The zero-order valence-electron chi connectivity index (χ0n) is 16.2. The van der Waals surface area contributed by atoms with Crippen LogP contribution in [0.2, 0.25) is 0 Å². The second-order valence-electron chi connectivity index (χ2n) is 7.32. The number of rotatable bonds is 8. The van der Waals surface area contributed by atoms with Gasteiger partial charge in [-0.15, -0.1) is 0 Å². The summed E-state index contributed by atoms with van der Waals surface area (Å²) >= 11 is 0. The number of alkyl halides is 4. The van der Waals surface area contributed by atoms with E-state index in [2.05, 4.69) is 15.3 Å². The van der Waals surface area contributed by atoms with Gasteiger partial charge in [0, 0.05) is 44.2 Å². The van der Waals surface area contributed by atoms with Crippen LogP contribution in [-0.2, 0) is 13.6 Å². The van der Waals surface area contributed by atoms with Gasteiger partial charge in [-0.05, 0) is 11.6 Å². The Balaban J connectivity index is 1.47. The predicted molar refractivity (Wildman–Crippen MR) is 104 cm³/mol. The third-order valence-corrected chi connectivity index (χ3v) is 5.20. The molecule has 2 aromatic heterocycles. The van der Waals surface area contributed by atoms with Crippen LogP contribution in [0.25, 0.3) is 11.0 Å². The Labute approximate surface area is 170 Å². The molecule has 10 heteroatoms. The van der Waals surface area contributed by atoms with Gasteiger partial charge in [-0.25, -0.2) is 18.7 Å². The highest BCUT2D eigenvalue weighted by atomic mass is 19.3. The van der Waals surface area contributed by atoms with E-state index in [9.17, 15) is 17.6 Å². The molecule has 1 aliphatic rings. The molecular formula is C20H21F4N5O. The first-order chi connectivity index (χ1) is 14.4. The first-order valence-electron chi connectivity index (χ1n) is 9.48. The monoisotopic (exact) mass is 423 g/mol. The summed E-state index contributed by atoms with van der Waals surface area (Å²) in [4.78, 5) is 10.1. The first-order valence-corrected chi connectivity index (χ1v) is 9.48. The molecular weight excluding hydrogens is 402 g/mol. The van der Waals surface area contributed by atoms with Crippen LogP contribution in [0.5, 0.6) is 5.75 Å². The average Bonchev–Trinajstić information content (AvgIpc) is 3.03. The van der Waals surface area contributed by atoms with Gasteiger partial charge in [0.1, 0.15) is 17.1 Å². The number of hydrogen-bond acceptors (Lipinski definition) is 5. The number of aryl methyl sites for hydroxylation is 1. The Bertz CT molecular complexity index is 1020. The van der Waals surface area contributed by atoms with Gasteiger partial charge in [0.15, 0.2) is 0 Å². The summed E-state index contributed by atoms with van der Waals surface area (Å²) in [6.07, 6.45) is 0.946. The van der Waals surface area contributed by atoms with Gasteiger partial charge >= 0.3 is 6.61 Å². The Morgan fingerprint density at radius 1 is 1.17 bits per heavy atom. The number of hydrogen-bond donors (Lipinski definition) is 1. The van der Waals surface area contributed by atoms with Crippen molar-refractivity contribution in [3.63, 3.8) is 0 Å². The lowest BCUT2D eigenvalue weighted by Crippen LogP contribution is -2.46. The fourth-order valence-corrected chi connectivity index (χ4v) is 3.61. The van der Waals surface area contributed by atoms with Gasteiger partial charge in [-0.1, -0.05) is 12.1 Å². The molecule has 1 aromatic carbocycles. The summed E-state index contributed by atoms with van der Waals surface area (Å²) in [7, 11) is 1.87. The van der Waals surface area contributed by atoms with Crippen molar-refractivity contribution in [3.8, 4) is 5.75 Å². The molecule has 0 aliphatic carbocycles. The number of pyridine rings is 1. The molecule has 0 saturated carbocycles. The van der Waals surface area contributed by atoms with Crippen molar-refractivity contribution in [1.82, 2.24) is 19.4 Å². The molecule has 0 radical (unpaired) electrons. The lowest BCUT2D eigenvalue weighted by molar-refractivity contribution is -0.0505. The topological polar surface area (TPSA) is 55.2 Å². The van der Waals surface area contributed by atoms with E-state index in [1.54, 1.807) is 29.6 Å². The van der Waals surface area contributed by atoms with E-state index in [0.29, 0.717) is 24.5 Å². The zero-order chi connectivity index (χ0) is 21.3. The molecule has 1 N–H and O–H groups in total. The smallest absolute Gasteiger partial charge is 0.387 e.